The summed E-state index contributed by atoms with van der Waals surface area (Å²) in [5.41, 5.74) is 0.193. The molecule has 0 saturated carbocycles. The lowest BCUT2D eigenvalue weighted by molar-refractivity contribution is 0.196. The van der Waals surface area contributed by atoms with Gasteiger partial charge >= 0.3 is 0 Å². The second-order valence-corrected chi connectivity index (χ2v) is 5.95. The average Bonchev–Trinajstić information content (AvgIpc) is 3.03. The van der Waals surface area contributed by atoms with Crippen molar-refractivity contribution in [3.63, 3.8) is 0 Å². The number of hydrogen-bond donors (Lipinski definition) is 1. The highest BCUT2D eigenvalue weighted by Crippen LogP contribution is 2.34. The minimum absolute atomic E-state index is 0. The first kappa shape index (κ1) is 20.3. The zero-order valence-electron chi connectivity index (χ0n) is 12.1. The highest BCUT2D eigenvalue weighted by molar-refractivity contribution is 7.10. The standard InChI is InChI=1S/C15H15F3N2S.2ClH/c16-11-4-3-10(13(17)14(11)18)15(12-2-1-9-21-12)20-7-5-19-6-8-20;;/h1-4,9,15,19H,5-8H2;2*1H/t15-;;/m0../s1. The minimum atomic E-state index is -1.40. The molecular weight excluding hydrogens is 368 g/mol. The summed E-state index contributed by atoms with van der Waals surface area (Å²) in [7, 11) is 0. The fourth-order valence-electron chi connectivity index (χ4n) is 2.67. The van der Waals surface area contributed by atoms with E-state index >= 15 is 0 Å². The first-order chi connectivity index (χ1) is 10.2. The van der Waals surface area contributed by atoms with Crippen molar-refractivity contribution < 1.29 is 13.2 Å². The Hall–Kier alpha value is -0.790. The third-order valence-corrected chi connectivity index (χ3v) is 4.61. The second kappa shape index (κ2) is 8.89. The number of rotatable bonds is 3. The molecule has 2 heterocycles. The smallest absolute Gasteiger partial charge is 0.194 e. The number of nitrogens with one attached hydrogen (secondary N) is 1. The third-order valence-electron chi connectivity index (χ3n) is 3.69. The Bertz CT molecular complexity index is 619. The monoisotopic (exact) mass is 384 g/mol. The largest absolute Gasteiger partial charge is 0.314 e. The number of nitrogens with zero attached hydrogens (tertiary/aromatic N) is 1. The highest BCUT2D eigenvalue weighted by Gasteiger charge is 2.29. The second-order valence-electron chi connectivity index (χ2n) is 4.97. The van der Waals surface area contributed by atoms with Gasteiger partial charge in [0, 0.05) is 36.6 Å². The van der Waals surface area contributed by atoms with E-state index in [2.05, 4.69) is 10.2 Å². The van der Waals surface area contributed by atoms with Crippen LogP contribution in [0.3, 0.4) is 0 Å². The maximum Gasteiger partial charge on any atom is 0.194 e. The summed E-state index contributed by atoms with van der Waals surface area (Å²) in [6, 6.07) is 5.75. The fraction of sp³-hybridized carbons (Fsp3) is 0.333. The number of piperazine rings is 1. The molecule has 1 aromatic carbocycles. The van der Waals surface area contributed by atoms with Crippen LogP contribution in [0.5, 0.6) is 0 Å². The zero-order valence-corrected chi connectivity index (χ0v) is 14.5. The Morgan fingerprint density at radius 1 is 1.00 bits per heavy atom. The molecule has 0 bridgehead atoms. The quantitative estimate of drug-likeness (QED) is 0.804. The molecule has 0 radical (unpaired) electrons. The van der Waals surface area contributed by atoms with E-state index < -0.39 is 17.5 Å². The van der Waals surface area contributed by atoms with Crippen LogP contribution in [0.4, 0.5) is 13.2 Å². The molecule has 1 atom stereocenters. The van der Waals surface area contributed by atoms with Gasteiger partial charge in [0.25, 0.3) is 0 Å². The number of thiophene rings is 1. The van der Waals surface area contributed by atoms with Gasteiger partial charge in [-0.3, -0.25) is 4.90 Å². The molecule has 23 heavy (non-hydrogen) atoms. The fourth-order valence-corrected chi connectivity index (χ4v) is 3.55. The van der Waals surface area contributed by atoms with Gasteiger partial charge in [-0.15, -0.1) is 36.2 Å². The average molecular weight is 385 g/mol. The van der Waals surface area contributed by atoms with Crippen molar-refractivity contribution in [3.8, 4) is 0 Å². The molecule has 128 valence electrons. The van der Waals surface area contributed by atoms with Gasteiger partial charge in [0.2, 0.25) is 0 Å². The van der Waals surface area contributed by atoms with Crippen molar-refractivity contribution in [1.82, 2.24) is 10.2 Å². The first-order valence-electron chi connectivity index (χ1n) is 6.80. The van der Waals surface area contributed by atoms with E-state index in [-0.39, 0.29) is 36.4 Å². The van der Waals surface area contributed by atoms with Crippen LogP contribution in [0.2, 0.25) is 0 Å². The van der Waals surface area contributed by atoms with E-state index in [0.717, 1.165) is 37.1 Å². The topological polar surface area (TPSA) is 15.3 Å². The third kappa shape index (κ3) is 4.19. The molecule has 0 amide bonds. The molecule has 0 spiro atoms. The molecule has 1 aromatic heterocycles. The lowest BCUT2D eigenvalue weighted by atomic mass is 10.0. The summed E-state index contributed by atoms with van der Waals surface area (Å²) in [6.45, 7) is 3.07. The van der Waals surface area contributed by atoms with E-state index in [0.29, 0.717) is 0 Å². The Morgan fingerprint density at radius 3 is 2.30 bits per heavy atom. The van der Waals surface area contributed by atoms with Crippen molar-refractivity contribution in [2.75, 3.05) is 26.2 Å². The summed E-state index contributed by atoms with van der Waals surface area (Å²) in [4.78, 5) is 3.03. The van der Waals surface area contributed by atoms with Gasteiger partial charge in [0.1, 0.15) is 0 Å². The van der Waals surface area contributed by atoms with Crippen molar-refractivity contribution >= 4 is 36.2 Å². The first-order valence-corrected chi connectivity index (χ1v) is 7.68. The van der Waals surface area contributed by atoms with Gasteiger partial charge in [-0.2, -0.15) is 0 Å². The minimum Gasteiger partial charge on any atom is -0.314 e. The van der Waals surface area contributed by atoms with E-state index in [1.54, 1.807) is 0 Å². The van der Waals surface area contributed by atoms with Crippen LogP contribution in [0.25, 0.3) is 0 Å². The Labute approximate surface area is 149 Å². The SMILES string of the molecule is Cl.Cl.Fc1ccc([C@@H](c2cccs2)N2CCNCC2)c(F)c1F. The number of benzene rings is 1. The Kier molecular flexibility index (Phi) is 7.83. The predicted molar refractivity (Wildman–Crippen MR) is 91.4 cm³/mol. The summed E-state index contributed by atoms with van der Waals surface area (Å²) < 4.78 is 41.0. The van der Waals surface area contributed by atoms with E-state index in [4.69, 9.17) is 0 Å². The van der Waals surface area contributed by atoms with E-state index in [9.17, 15) is 13.2 Å². The van der Waals surface area contributed by atoms with Gasteiger partial charge in [-0.25, -0.2) is 13.2 Å². The van der Waals surface area contributed by atoms with E-state index in [1.807, 2.05) is 17.5 Å². The molecule has 2 nitrogen and oxygen atoms in total. The molecule has 1 aliphatic heterocycles. The van der Waals surface area contributed by atoms with E-state index in [1.165, 1.54) is 17.4 Å². The number of hydrogen-bond acceptors (Lipinski definition) is 3. The summed E-state index contributed by atoms with van der Waals surface area (Å²) in [5.74, 6) is -3.64. The normalized spacial score (nSPS) is 16.3. The van der Waals surface area contributed by atoms with Gasteiger partial charge in [-0.05, 0) is 17.5 Å². The van der Waals surface area contributed by atoms with Crippen LogP contribution in [0.1, 0.15) is 16.5 Å². The lowest BCUT2D eigenvalue weighted by Crippen LogP contribution is -2.45. The molecule has 8 heteroatoms. The summed E-state index contributed by atoms with van der Waals surface area (Å²) in [6.07, 6.45) is 0. The molecule has 2 aromatic rings. The molecule has 0 aliphatic carbocycles. The number of halogens is 5. The van der Waals surface area contributed by atoms with Crippen molar-refractivity contribution in [1.29, 1.82) is 0 Å². The molecule has 3 rings (SSSR count). The van der Waals surface area contributed by atoms with Crippen LogP contribution in [0.15, 0.2) is 29.6 Å². The van der Waals surface area contributed by atoms with Crippen LogP contribution in [-0.2, 0) is 0 Å². The predicted octanol–water partition coefficient (Wildman–Crippen LogP) is 4.00. The summed E-state index contributed by atoms with van der Waals surface area (Å²) in [5, 5.41) is 5.14. The van der Waals surface area contributed by atoms with Crippen LogP contribution in [-0.4, -0.2) is 31.1 Å². The molecule has 1 aliphatic rings. The Morgan fingerprint density at radius 2 is 1.70 bits per heavy atom. The van der Waals surface area contributed by atoms with Crippen molar-refractivity contribution in [2.45, 2.75) is 6.04 Å². The molecule has 0 unspecified atom stereocenters. The van der Waals surface area contributed by atoms with Crippen molar-refractivity contribution in [2.24, 2.45) is 0 Å². The van der Waals surface area contributed by atoms with Gasteiger partial charge in [0.15, 0.2) is 17.5 Å². The molecular formula is C15H17Cl2F3N2S. The van der Waals surface area contributed by atoms with Gasteiger partial charge < -0.3 is 5.32 Å². The van der Waals surface area contributed by atoms with Gasteiger partial charge in [-0.1, -0.05) is 12.1 Å². The molecule has 1 fully saturated rings. The maximum absolute atomic E-state index is 14.2. The summed E-state index contributed by atoms with van der Waals surface area (Å²) >= 11 is 1.49. The van der Waals surface area contributed by atoms with Crippen molar-refractivity contribution in [3.05, 3.63) is 57.5 Å². The van der Waals surface area contributed by atoms with Crippen LogP contribution in [0, 0.1) is 17.5 Å². The van der Waals surface area contributed by atoms with Crippen LogP contribution >= 0.6 is 36.2 Å². The zero-order chi connectivity index (χ0) is 14.8. The van der Waals surface area contributed by atoms with Crippen LogP contribution < -0.4 is 5.32 Å². The lowest BCUT2D eigenvalue weighted by Gasteiger charge is -2.34. The molecule has 1 N–H and O–H groups in total. The Balaban J connectivity index is 0.00000132. The highest BCUT2D eigenvalue weighted by atomic mass is 35.5. The maximum atomic E-state index is 14.2. The van der Waals surface area contributed by atoms with Gasteiger partial charge in [0.05, 0.1) is 6.04 Å². The molecule has 1 saturated heterocycles.